The van der Waals surface area contributed by atoms with Crippen LogP contribution in [0.3, 0.4) is 0 Å². The van der Waals surface area contributed by atoms with Crippen LogP contribution in [0.4, 0.5) is 5.13 Å². The maximum Gasteiger partial charge on any atom is 0.276 e. The Hall–Kier alpha value is -3.69. The summed E-state index contributed by atoms with van der Waals surface area (Å²) in [5, 5.41) is 19.6. The van der Waals surface area contributed by atoms with Crippen LogP contribution < -0.4 is 16.2 Å². The highest BCUT2D eigenvalue weighted by atomic mass is 32.2. The fourth-order valence-corrected chi connectivity index (χ4v) is 6.03. The Balaban J connectivity index is 1.46. The van der Waals surface area contributed by atoms with Gasteiger partial charge in [-0.25, -0.2) is 9.97 Å². The first-order chi connectivity index (χ1) is 18.0. The first-order valence-electron chi connectivity index (χ1n) is 11.5. The summed E-state index contributed by atoms with van der Waals surface area (Å²) in [6, 6.07) is -0.946. The highest BCUT2D eigenvalue weighted by Gasteiger charge is 2.53. The number of nitrogens with two attached hydrogens (primary N) is 1. The van der Waals surface area contributed by atoms with Crippen molar-refractivity contribution in [3.63, 3.8) is 0 Å². The maximum atomic E-state index is 13.0. The number of thiazole rings is 1. The number of carbonyl (C=O) groups excluding carboxylic acids is 3. The van der Waals surface area contributed by atoms with Crippen molar-refractivity contribution in [2.75, 3.05) is 39.2 Å². The summed E-state index contributed by atoms with van der Waals surface area (Å²) in [7, 11) is 5.37. The van der Waals surface area contributed by atoms with Crippen LogP contribution in [0, 0.1) is 6.92 Å². The molecule has 2 amide bonds. The molecule has 2 aliphatic rings. The monoisotopic (exact) mass is 560 g/mol. The number of rotatable bonds is 10. The van der Waals surface area contributed by atoms with E-state index in [1.165, 1.54) is 18.9 Å². The SMILES string of the molecule is CO/N=C(\C(=O)N[C@@H]1C(=O)N2C(C(=O)[O-])=C(/C=C/C[N+](C)(C)Cc3nc[nH]c3C)CS[C@H]12)c1csc(N)n1. The third-order valence-corrected chi connectivity index (χ3v) is 8.05. The van der Waals surface area contributed by atoms with E-state index in [-0.39, 0.29) is 22.2 Å². The molecule has 4 heterocycles. The number of H-pyrrole nitrogens is 1. The number of aliphatic carboxylic acids is 1. The molecule has 0 radical (unpaired) electrons. The van der Waals surface area contributed by atoms with Gasteiger partial charge in [0.1, 0.15) is 36.5 Å². The number of nitrogens with one attached hydrogen (secondary N) is 2. The van der Waals surface area contributed by atoms with Crippen LogP contribution in [0.5, 0.6) is 0 Å². The second-order valence-corrected chi connectivity index (χ2v) is 11.4. The number of imidazole rings is 1. The van der Waals surface area contributed by atoms with Gasteiger partial charge in [-0.2, -0.15) is 0 Å². The van der Waals surface area contributed by atoms with Crippen molar-refractivity contribution >= 4 is 51.7 Å². The fraction of sp³-hybridized carbons (Fsp3) is 0.391. The molecule has 0 saturated carbocycles. The van der Waals surface area contributed by atoms with Crippen LogP contribution in [0.25, 0.3) is 0 Å². The first-order valence-corrected chi connectivity index (χ1v) is 13.4. The molecule has 4 N–H and O–H groups in total. The highest BCUT2D eigenvalue weighted by molar-refractivity contribution is 8.00. The molecule has 13 nitrogen and oxygen atoms in total. The predicted molar refractivity (Wildman–Crippen MR) is 140 cm³/mol. The molecule has 1 saturated heterocycles. The summed E-state index contributed by atoms with van der Waals surface area (Å²) in [5.74, 6) is -2.37. The summed E-state index contributed by atoms with van der Waals surface area (Å²) in [6.07, 6.45) is 5.27. The lowest BCUT2D eigenvalue weighted by Gasteiger charge is -2.50. The second kappa shape index (κ2) is 11.0. The van der Waals surface area contributed by atoms with Crippen LogP contribution in [0.15, 0.2) is 40.3 Å². The first kappa shape index (κ1) is 27.3. The fourth-order valence-electron chi connectivity index (χ4n) is 4.16. The van der Waals surface area contributed by atoms with E-state index in [4.69, 9.17) is 10.6 Å². The number of thioether (sulfide) groups is 1. The minimum absolute atomic E-state index is 0.141. The zero-order valence-corrected chi connectivity index (χ0v) is 22.9. The number of likely N-dealkylation sites (N-methyl/N-ethyl adjacent to an activating group) is 1. The van der Waals surface area contributed by atoms with Gasteiger partial charge in [-0.1, -0.05) is 11.2 Å². The normalized spacial score (nSPS) is 19.9. The average Bonchev–Trinajstić information content (AvgIpc) is 3.47. The topological polar surface area (TPSA) is 179 Å². The molecule has 2 aromatic rings. The van der Waals surface area contributed by atoms with Gasteiger partial charge in [0.05, 0.1) is 38.6 Å². The minimum Gasteiger partial charge on any atom is -0.543 e. The van der Waals surface area contributed by atoms with Crippen molar-refractivity contribution in [1.29, 1.82) is 0 Å². The zero-order chi connectivity index (χ0) is 27.6. The number of oxime groups is 1. The predicted octanol–water partition coefficient (Wildman–Crippen LogP) is -0.656. The molecule has 202 valence electrons. The lowest BCUT2D eigenvalue weighted by Crippen LogP contribution is -2.71. The average molecular weight is 561 g/mol. The van der Waals surface area contributed by atoms with Crippen molar-refractivity contribution in [2.45, 2.75) is 24.9 Å². The molecule has 15 heteroatoms. The van der Waals surface area contributed by atoms with Gasteiger partial charge in [0, 0.05) is 16.8 Å². The number of allylic oxidation sites excluding steroid dienone is 1. The van der Waals surface area contributed by atoms with Crippen molar-refractivity contribution in [3.8, 4) is 0 Å². The maximum absolute atomic E-state index is 13.0. The largest absolute Gasteiger partial charge is 0.543 e. The number of hydrogen-bond donors (Lipinski definition) is 3. The van der Waals surface area contributed by atoms with E-state index in [1.54, 1.807) is 17.8 Å². The quantitative estimate of drug-likeness (QED) is 0.147. The Morgan fingerprint density at radius 1 is 1.45 bits per heavy atom. The molecule has 1 fully saturated rings. The molecule has 2 aliphatic heterocycles. The number of nitrogen functional groups attached to an aromatic ring is 1. The van der Waals surface area contributed by atoms with Crippen LogP contribution in [0.2, 0.25) is 0 Å². The number of amides is 2. The summed E-state index contributed by atoms with van der Waals surface area (Å²) in [6.45, 7) is 3.26. The Labute approximate surface area is 227 Å². The zero-order valence-electron chi connectivity index (χ0n) is 21.3. The molecule has 2 atom stereocenters. The number of quaternary nitrogens is 1. The Kier molecular flexibility index (Phi) is 7.89. The molecule has 0 unspecified atom stereocenters. The number of carbonyl (C=O) groups is 3. The molecular formula is C23H28N8O5S2. The number of nitrogens with zero attached hydrogens (tertiary/aromatic N) is 5. The lowest BCUT2D eigenvalue weighted by atomic mass is 10.0. The van der Waals surface area contributed by atoms with E-state index >= 15 is 0 Å². The Morgan fingerprint density at radius 2 is 2.21 bits per heavy atom. The molecular weight excluding hydrogens is 532 g/mol. The van der Waals surface area contributed by atoms with Gasteiger partial charge in [-0.3, -0.25) is 14.5 Å². The smallest absolute Gasteiger partial charge is 0.276 e. The van der Waals surface area contributed by atoms with E-state index in [9.17, 15) is 19.5 Å². The van der Waals surface area contributed by atoms with Gasteiger partial charge < -0.3 is 35.3 Å². The molecule has 0 bridgehead atoms. The van der Waals surface area contributed by atoms with Gasteiger partial charge in [-0.15, -0.1) is 23.1 Å². The minimum atomic E-state index is -1.45. The number of hydrogen-bond acceptors (Lipinski definition) is 11. The summed E-state index contributed by atoms with van der Waals surface area (Å²) >= 11 is 2.48. The number of aryl methyl sites for hydroxylation is 1. The van der Waals surface area contributed by atoms with Crippen LogP contribution in [0.1, 0.15) is 17.1 Å². The second-order valence-electron chi connectivity index (χ2n) is 9.37. The number of carboxylic acids is 1. The van der Waals surface area contributed by atoms with E-state index in [2.05, 4.69) is 25.4 Å². The highest BCUT2D eigenvalue weighted by Crippen LogP contribution is 2.40. The molecule has 0 spiro atoms. The number of aromatic nitrogens is 3. The molecule has 0 aliphatic carbocycles. The van der Waals surface area contributed by atoms with Gasteiger partial charge in [0.25, 0.3) is 11.8 Å². The number of aromatic amines is 1. The van der Waals surface area contributed by atoms with Gasteiger partial charge >= 0.3 is 0 Å². The number of carboxylic acid groups (broad SMARTS) is 1. The van der Waals surface area contributed by atoms with Crippen LogP contribution in [-0.4, -0.2) is 92.7 Å². The number of β-lactam (4-membered cyclic amide) rings is 1. The molecule has 4 rings (SSSR count). The number of fused-ring (bicyclic) bond motifs is 1. The molecule has 0 aromatic carbocycles. The Bertz CT molecular complexity index is 1340. The standard InChI is InChI=1S/C23H28N8O5S2/c1-12-14(26-11-25-12)8-31(2,3)7-5-6-13-9-37-21-17(20(33)30(21)18(13)22(34)35)28-19(32)16(29-36-4)15-10-38-23(24)27-15/h5-6,10-11,17,21H,7-9H2,1-4H3,(H4-,24,25,26,27,28,32,34,35)/b6-5+,29-16-/t17-,21-/m1/s1. The third kappa shape index (κ3) is 5.58. The van der Waals surface area contributed by atoms with Crippen molar-refractivity contribution < 1.29 is 28.8 Å². The van der Waals surface area contributed by atoms with Gasteiger partial charge in [-0.05, 0) is 18.6 Å². The van der Waals surface area contributed by atoms with E-state index in [0.29, 0.717) is 28.9 Å². The van der Waals surface area contributed by atoms with Gasteiger partial charge in [0.2, 0.25) is 0 Å². The summed E-state index contributed by atoms with van der Waals surface area (Å²) in [5.41, 5.74) is 7.97. The van der Waals surface area contributed by atoms with Crippen LogP contribution >= 0.6 is 23.1 Å². The lowest BCUT2D eigenvalue weighted by molar-refractivity contribution is -0.898. The number of anilines is 1. The summed E-state index contributed by atoms with van der Waals surface area (Å²) < 4.78 is 0.596. The van der Waals surface area contributed by atoms with Crippen LogP contribution in [-0.2, 0) is 25.8 Å². The molecule has 2 aromatic heterocycles. The van der Waals surface area contributed by atoms with E-state index in [0.717, 1.165) is 27.6 Å². The van der Waals surface area contributed by atoms with E-state index < -0.39 is 29.2 Å². The molecule has 38 heavy (non-hydrogen) atoms. The van der Waals surface area contributed by atoms with Crippen molar-refractivity contribution in [3.05, 3.63) is 52.2 Å². The Morgan fingerprint density at radius 3 is 2.82 bits per heavy atom. The van der Waals surface area contributed by atoms with Gasteiger partial charge in [0.15, 0.2) is 10.8 Å². The summed E-state index contributed by atoms with van der Waals surface area (Å²) in [4.78, 5) is 55.3. The van der Waals surface area contributed by atoms with Crippen molar-refractivity contribution in [1.82, 2.24) is 25.2 Å². The van der Waals surface area contributed by atoms with Crippen molar-refractivity contribution in [2.24, 2.45) is 5.16 Å². The third-order valence-electron chi connectivity index (χ3n) is 6.07. The van der Waals surface area contributed by atoms with E-state index in [1.807, 2.05) is 27.1 Å².